The van der Waals surface area contributed by atoms with Crippen molar-refractivity contribution >= 4 is 24.9 Å². The molecule has 160 valence electrons. The van der Waals surface area contributed by atoms with E-state index in [1.54, 1.807) is 0 Å². The second-order valence-electron chi connectivity index (χ2n) is 8.86. The summed E-state index contributed by atoms with van der Waals surface area (Å²) in [6, 6.07) is 8.68. The van der Waals surface area contributed by atoms with Crippen molar-refractivity contribution in [1.82, 2.24) is 15.0 Å². The van der Waals surface area contributed by atoms with Gasteiger partial charge < -0.3 is 0 Å². The first-order chi connectivity index (χ1) is 14.0. The maximum absolute atomic E-state index is 4.79. The van der Waals surface area contributed by atoms with E-state index in [-0.39, 0.29) is 0 Å². The summed E-state index contributed by atoms with van der Waals surface area (Å²) in [5.74, 6) is 0.482. The van der Waals surface area contributed by atoms with Gasteiger partial charge in [0, 0.05) is 0 Å². The number of aromatic nitrogens is 3. The van der Waals surface area contributed by atoms with Gasteiger partial charge in [-0.05, 0) is 0 Å². The standard InChI is InChI=1S/C13H27.C12H14N3.Sn/c1-4-7-10-13(11-8-5-2)12-9-6-3;1-9(2)11-6-4-5-7-12(11)15-10(3)8-13-14-15;/h4-12H2,1-3H3;4-7,9H,1-3H3;. The molecular formula is C25H41N3Sn. The molecule has 0 saturated carbocycles. The van der Waals surface area contributed by atoms with E-state index in [9.17, 15) is 0 Å². The molecular weight excluding hydrogens is 461 g/mol. The van der Waals surface area contributed by atoms with Gasteiger partial charge in [0.05, 0.1) is 0 Å². The molecule has 0 amide bonds. The van der Waals surface area contributed by atoms with Gasteiger partial charge in [-0.2, -0.15) is 0 Å². The molecule has 2 aromatic rings. The van der Waals surface area contributed by atoms with E-state index in [2.05, 4.69) is 75.7 Å². The molecule has 0 atom stereocenters. The van der Waals surface area contributed by atoms with Crippen molar-refractivity contribution in [2.75, 3.05) is 0 Å². The molecule has 0 aliphatic carbocycles. The van der Waals surface area contributed by atoms with Crippen LogP contribution in [-0.4, -0.2) is 36.1 Å². The summed E-state index contributed by atoms with van der Waals surface area (Å²) in [5, 5.41) is 9.45. The van der Waals surface area contributed by atoms with Gasteiger partial charge in [0.25, 0.3) is 0 Å². The van der Waals surface area contributed by atoms with E-state index in [1.165, 1.54) is 78.4 Å². The predicted molar refractivity (Wildman–Crippen MR) is 127 cm³/mol. The second kappa shape index (κ2) is 12.1. The summed E-state index contributed by atoms with van der Waals surface area (Å²) >= 11 is -0.857. The molecule has 3 nitrogen and oxygen atoms in total. The van der Waals surface area contributed by atoms with Gasteiger partial charge in [-0.15, -0.1) is 0 Å². The van der Waals surface area contributed by atoms with Crippen molar-refractivity contribution in [3.05, 3.63) is 35.5 Å². The first-order valence-corrected chi connectivity index (χ1v) is 14.6. The van der Waals surface area contributed by atoms with Gasteiger partial charge in [0.2, 0.25) is 0 Å². The Kier molecular flexibility index (Phi) is 10.2. The summed E-state index contributed by atoms with van der Waals surface area (Å²) in [7, 11) is 0. The third-order valence-electron chi connectivity index (χ3n) is 6.09. The molecule has 0 saturated heterocycles. The van der Waals surface area contributed by atoms with E-state index < -0.39 is 21.1 Å². The molecule has 0 fully saturated rings. The van der Waals surface area contributed by atoms with Gasteiger partial charge in [-0.3, -0.25) is 0 Å². The van der Waals surface area contributed by atoms with Crippen molar-refractivity contribution in [2.24, 2.45) is 0 Å². The van der Waals surface area contributed by atoms with Crippen LogP contribution in [0.5, 0.6) is 0 Å². The fraction of sp³-hybridized carbons (Fsp3) is 0.680. The van der Waals surface area contributed by atoms with Crippen LogP contribution in [0.2, 0.25) is 3.43 Å². The zero-order valence-electron chi connectivity index (χ0n) is 19.6. The number of unbranched alkanes of at least 4 members (excludes halogenated alkanes) is 3. The summed E-state index contributed by atoms with van der Waals surface area (Å²) in [6.07, 6.45) is 12.2. The molecule has 1 aromatic heterocycles. The molecule has 0 aliphatic heterocycles. The number of hydrogen-bond acceptors (Lipinski definition) is 2. The Morgan fingerprint density at radius 3 is 2.00 bits per heavy atom. The molecule has 2 radical (unpaired) electrons. The molecule has 2 rings (SSSR count). The number of rotatable bonds is 13. The van der Waals surface area contributed by atoms with Crippen LogP contribution in [0.1, 0.15) is 110 Å². The van der Waals surface area contributed by atoms with Crippen molar-refractivity contribution in [1.29, 1.82) is 0 Å². The Bertz CT molecular complexity index is 714. The monoisotopic (exact) mass is 503 g/mol. The number of nitrogens with zero attached hydrogens (tertiary/aromatic N) is 3. The van der Waals surface area contributed by atoms with Crippen LogP contribution in [0.25, 0.3) is 5.69 Å². The third kappa shape index (κ3) is 6.57. The zero-order chi connectivity index (χ0) is 21.3. The van der Waals surface area contributed by atoms with Crippen LogP contribution in [0.3, 0.4) is 0 Å². The number of hydrogen-bond donors (Lipinski definition) is 0. The Hall–Kier alpha value is -0.841. The van der Waals surface area contributed by atoms with E-state index in [0.29, 0.717) is 9.35 Å². The SMILES string of the molecule is CCCC[C](CCCC)(CCCC)[Sn][c]1nnn(-c2ccccc2C(C)C)c1C. The molecule has 1 heterocycles. The van der Waals surface area contributed by atoms with E-state index in [4.69, 9.17) is 5.10 Å². The topological polar surface area (TPSA) is 30.7 Å². The van der Waals surface area contributed by atoms with Gasteiger partial charge >= 0.3 is 190 Å². The molecule has 0 bridgehead atoms. The molecule has 0 unspecified atom stereocenters. The predicted octanol–water partition coefficient (Wildman–Crippen LogP) is 6.76. The van der Waals surface area contributed by atoms with Crippen LogP contribution in [0, 0.1) is 6.92 Å². The first kappa shape index (κ1) is 24.4. The number of benzene rings is 1. The van der Waals surface area contributed by atoms with Gasteiger partial charge in [0.1, 0.15) is 0 Å². The van der Waals surface area contributed by atoms with Gasteiger partial charge in [-0.1, -0.05) is 0 Å². The molecule has 29 heavy (non-hydrogen) atoms. The van der Waals surface area contributed by atoms with Crippen LogP contribution in [0.4, 0.5) is 0 Å². The normalized spacial score (nSPS) is 12.1. The second-order valence-corrected chi connectivity index (χ2v) is 14.0. The Morgan fingerprint density at radius 2 is 1.48 bits per heavy atom. The van der Waals surface area contributed by atoms with E-state index in [1.807, 2.05) is 0 Å². The summed E-state index contributed by atoms with van der Waals surface area (Å²) in [6.45, 7) is 13.8. The zero-order valence-corrected chi connectivity index (χ0v) is 22.4. The minimum absolute atomic E-state index is 0.482. The Labute approximate surface area is 189 Å². The fourth-order valence-electron chi connectivity index (χ4n) is 4.20. The van der Waals surface area contributed by atoms with E-state index >= 15 is 0 Å². The summed E-state index contributed by atoms with van der Waals surface area (Å²) in [4.78, 5) is 0. The average molecular weight is 502 g/mol. The molecule has 0 N–H and O–H groups in total. The van der Waals surface area contributed by atoms with Crippen molar-refractivity contribution in [2.45, 2.75) is 109 Å². The summed E-state index contributed by atoms with van der Waals surface area (Å²) in [5.41, 5.74) is 3.85. The van der Waals surface area contributed by atoms with Crippen molar-refractivity contribution in [3.8, 4) is 5.69 Å². The minimum atomic E-state index is -0.857. The van der Waals surface area contributed by atoms with Crippen LogP contribution in [-0.2, 0) is 0 Å². The first-order valence-electron chi connectivity index (χ1n) is 11.8. The van der Waals surface area contributed by atoms with Gasteiger partial charge in [0.15, 0.2) is 0 Å². The van der Waals surface area contributed by atoms with E-state index in [0.717, 1.165) is 0 Å². The van der Waals surface area contributed by atoms with Crippen LogP contribution >= 0.6 is 0 Å². The van der Waals surface area contributed by atoms with Crippen molar-refractivity contribution in [3.63, 3.8) is 0 Å². The molecule has 0 aliphatic rings. The third-order valence-corrected chi connectivity index (χ3v) is 11.7. The maximum atomic E-state index is 4.79. The van der Waals surface area contributed by atoms with Crippen molar-refractivity contribution < 1.29 is 0 Å². The number of para-hydroxylation sites is 1. The average Bonchev–Trinajstić information content (AvgIpc) is 3.08. The molecule has 4 heteroatoms. The Balaban J connectivity index is 2.37. The fourth-order valence-corrected chi connectivity index (χ4v) is 9.31. The molecule has 0 spiro atoms. The van der Waals surface area contributed by atoms with Gasteiger partial charge in [-0.25, -0.2) is 0 Å². The van der Waals surface area contributed by atoms with Crippen LogP contribution < -0.4 is 3.71 Å². The Morgan fingerprint density at radius 1 is 0.931 bits per heavy atom. The quantitative estimate of drug-likeness (QED) is 0.284. The summed E-state index contributed by atoms with van der Waals surface area (Å²) < 4.78 is 4.04. The molecule has 1 aromatic carbocycles. The van der Waals surface area contributed by atoms with Crippen LogP contribution in [0.15, 0.2) is 24.3 Å².